The van der Waals surface area contributed by atoms with Crippen LogP contribution in [-0.2, 0) is 23.5 Å². The van der Waals surface area contributed by atoms with Gasteiger partial charge in [-0.3, -0.25) is 0 Å². The van der Waals surface area contributed by atoms with Crippen LogP contribution in [0.1, 0.15) is 22.3 Å². The molecule has 0 aliphatic heterocycles. The van der Waals surface area contributed by atoms with Crippen LogP contribution < -0.4 is 0 Å². The lowest BCUT2D eigenvalue weighted by Gasteiger charge is -2.12. The zero-order chi connectivity index (χ0) is 10.6. The van der Waals surface area contributed by atoms with Crippen molar-refractivity contribution in [2.75, 3.05) is 0 Å². The molecule has 0 nitrogen and oxygen atoms in total. The van der Waals surface area contributed by atoms with E-state index < -0.39 is 0 Å². The van der Waals surface area contributed by atoms with Gasteiger partial charge in [-0.1, -0.05) is 12.1 Å². The molecule has 4 heteroatoms. The number of hydrogen-bond acceptors (Lipinski definition) is 0. The van der Waals surface area contributed by atoms with Crippen molar-refractivity contribution in [1.29, 1.82) is 0 Å². The van der Waals surface area contributed by atoms with E-state index in [1.54, 1.807) is 0 Å². The van der Waals surface area contributed by atoms with Gasteiger partial charge >= 0.3 is 0 Å². The van der Waals surface area contributed by atoms with Crippen molar-refractivity contribution in [3.63, 3.8) is 0 Å². The van der Waals surface area contributed by atoms with Crippen molar-refractivity contribution in [2.24, 2.45) is 0 Å². The smallest absolute Gasteiger partial charge is 0.0480 e. The van der Waals surface area contributed by atoms with Gasteiger partial charge in [0, 0.05) is 23.5 Å². The molecule has 1 aromatic rings. The fourth-order valence-corrected chi connectivity index (χ4v) is 2.54. The van der Waals surface area contributed by atoms with E-state index in [9.17, 15) is 0 Å². The summed E-state index contributed by atoms with van der Waals surface area (Å²) < 4.78 is 0. The molecule has 0 aliphatic carbocycles. The van der Waals surface area contributed by atoms with Crippen molar-refractivity contribution < 1.29 is 0 Å². The molecule has 0 amide bonds. The fourth-order valence-electron chi connectivity index (χ4n) is 1.37. The van der Waals surface area contributed by atoms with Gasteiger partial charge in [-0.25, -0.2) is 0 Å². The molecule has 0 saturated carbocycles. The monoisotopic (exact) mass is 270 g/mol. The highest BCUT2D eigenvalue weighted by Gasteiger charge is 2.10. The van der Waals surface area contributed by atoms with Gasteiger partial charge in [-0.2, -0.15) is 0 Å². The Morgan fingerprint density at radius 2 is 1.00 bits per heavy atom. The van der Waals surface area contributed by atoms with Crippen molar-refractivity contribution in [1.82, 2.24) is 0 Å². The Kier molecular flexibility index (Phi) is 5.40. The maximum Gasteiger partial charge on any atom is 0.0480 e. The molecule has 78 valence electrons. The van der Waals surface area contributed by atoms with Gasteiger partial charge in [0.1, 0.15) is 0 Å². The van der Waals surface area contributed by atoms with Crippen molar-refractivity contribution in [3.8, 4) is 0 Å². The van der Waals surface area contributed by atoms with Gasteiger partial charge in [0.2, 0.25) is 0 Å². The summed E-state index contributed by atoms with van der Waals surface area (Å²) in [6, 6.07) is 3.91. The quantitative estimate of drug-likeness (QED) is 0.700. The molecule has 0 N–H and O–H groups in total. The Morgan fingerprint density at radius 3 is 1.21 bits per heavy atom. The molecule has 0 spiro atoms. The first-order valence-electron chi connectivity index (χ1n) is 4.14. The summed E-state index contributed by atoms with van der Waals surface area (Å²) in [4.78, 5) is 0. The first-order chi connectivity index (χ1) is 6.78. The van der Waals surface area contributed by atoms with Crippen LogP contribution in [0.4, 0.5) is 0 Å². The third-order valence-corrected chi connectivity index (χ3v) is 3.29. The van der Waals surface area contributed by atoms with Gasteiger partial charge in [0.05, 0.1) is 0 Å². The summed E-state index contributed by atoms with van der Waals surface area (Å²) in [6.45, 7) is 0. The normalized spacial score (nSPS) is 10.6. The van der Waals surface area contributed by atoms with Crippen LogP contribution in [0.25, 0.3) is 0 Å². The van der Waals surface area contributed by atoms with Gasteiger partial charge in [0.25, 0.3) is 0 Å². The molecule has 0 radical (unpaired) electrons. The van der Waals surface area contributed by atoms with E-state index in [4.69, 9.17) is 46.4 Å². The van der Waals surface area contributed by atoms with Gasteiger partial charge in [0.15, 0.2) is 0 Å². The van der Waals surface area contributed by atoms with E-state index in [1.165, 1.54) is 0 Å². The summed E-state index contributed by atoms with van der Waals surface area (Å²) in [5.41, 5.74) is 4.11. The summed E-state index contributed by atoms with van der Waals surface area (Å²) in [7, 11) is 0. The summed E-state index contributed by atoms with van der Waals surface area (Å²) in [5.74, 6) is 1.76. The predicted octanol–water partition coefficient (Wildman–Crippen LogP) is 4.64. The molecule has 1 aromatic carbocycles. The minimum absolute atomic E-state index is 0.425. The molecule has 0 heterocycles. The second-order valence-electron chi connectivity index (χ2n) is 2.88. The first-order valence-corrected chi connectivity index (χ1v) is 6.28. The van der Waals surface area contributed by atoms with Crippen LogP contribution in [0.2, 0.25) is 0 Å². The second-order valence-corrected chi connectivity index (χ2v) is 3.94. The highest BCUT2D eigenvalue weighted by Crippen LogP contribution is 2.25. The largest absolute Gasteiger partial charge is 0.122 e. The molecule has 0 atom stereocenters. The molecular weight excluding hydrogens is 262 g/mol. The van der Waals surface area contributed by atoms with Gasteiger partial charge in [-0.15, -0.1) is 46.4 Å². The predicted molar refractivity (Wildman–Crippen MR) is 64.7 cm³/mol. The number of alkyl halides is 4. The topological polar surface area (TPSA) is 0 Å². The summed E-state index contributed by atoms with van der Waals surface area (Å²) >= 11 is 23.3. The van der Waals surface area contributed by atoms with Crippen molar-refractivity contribution in [2.45, 2.75) is 23.5 Å². The zero-order valence-corrected chi connectivity index (χ0v) is 10.5. The number of halogens is 4. The van der Waals surface area contributed by atoms with Crippen LogP contribution in [0.15, 0.2) is 12.1 Å². The number of rotatable bonds is 4. The average molecular weight is 272 g/mol. The van der Waals surface area contributed by atoms with E-state index in [1.807, 2.05) is 12.1 Å². The third-order valence-electron chi connectivity index (χ3n) is 2.18. The molecular formula is C10H10Cl4. The minimum Gasteiger partial charge on any atom is -0.122 e. The maximum absolute atomic E-state index is 5.86. The van der Waals surface area contributed by atoms with Crippen LogP contribution in [0.3, 0.4) is 0 Å². The lowest BCUT2D eigenvalue weighted by Crippen LogP contribution is -1.99. The van der Waals surface area contributed by atoms with E-state index in [0.717, 1.165) is 22.3 Å². The van der Waals surface area contributed by atoms with E-state index >= 15 is 0 Å². The molecule has 14 heavy (non-hydrogen) atoms. The minimum atomic E-state index is 0.425. The Morgan fingerprint density at radius 1 is 0.643 bits per heavy atom. The van der Waals surface area contributed by atoms with E-state index in [-0.39, 0.29) is 0 Å². The highest BCUT2D eigenvalue weighted by atomic mass is 35.5. The maximum atomic E-state index is 5.86. The standard InChI is InChI=1S/C10H10Cl4/c11-3-7-1-2-8(4-12)10(6-14)9(7)5-13/h1-2H,3-6H2. The fraction of sp³-hybridized carbons (Fsp3) is 0.400. The van der Waals surface area contributed by atoms with Crippen LogP contribution >= 0.6 is 46.4 Å². The highest BCUT2D eigenvalue weighted by molar-refractivity contribution is 6.20. The molecule has 1 rings (SSSR count). The van der Waals surface area contributed by atoms with Crippen LogP contribution in [-0.4, -0.2) is 0 Å². The summed E-state index contributed by atoms with van der Waals surface area (Å²) in [6.07, 6.45) is 0. The second kappa shape index (κ2) is 6.07. The average Bonchev–Trinajstić information content (AvgIpc) is 2.26. The number of hydrogen-bond donors (Lipinski definition) is 0. The molecule has 0 aromatic heterocycles. The summed E-state index contributed by atoms with van der Waals surface area (Å²) in [5, 5.41) is 0. The van der Waals surface area contributed by atoms with Crippen molar-refractivity contribution >= 4 is 46.4 Å². The van der Waals surface area contributed by atoms with Crippen molar-refractivity contribution in [3.05, 3.63) is 34.4 Å². The lowest BCUT2D eigenvalue weighted by molar-refractivity contribution is 1.14. The third kappa shape index (κ3) is 2.49. The Balaban J connectivity index is 3.28. The zero-order valence-electron chi connectivity index (χ0n) is 7.49. The molecule has 0 unspecified atom stereocenters. The van der Waals surface area contributed by atoms with Gasteiger partial charge < -0.3 is 0 Å². The molecule has 0 aliphatic rings. The molecule has 0 saturated heterocycles. The van der Waals surface area contributed by atoms with Gasteiger partial charge in [-0.05, 0) is 22.3 Å². The first kappa shape index (κ1) is 12.4. The van der Waals surface area contributed by atoms with E-state index in [2.05, 4.69) is 0 Å². The Bertz CT molecular complexity index is 278. The van der Waals surface area contributed by atoms with E-state index in [0.29, 0.717) is 23.5 Å². The Labute approximate surface area is 104 Å². The lowest BCUT2D eigenvalue weighted by atomic mass is 9.99. The van der Waals surface area contributed by atoms with Crippen LogP contribution in [0.5, 0.6) is 0 Å². The van der Waals surface area contributed by atoms with Crippen LogP contribution in [0, 0.1) is 0 Å². The number of benzene rings is 1. The molecule has 0 bridgehead atoms. The SMILES string of the molecule is ClCc1ccc(CCl)c(CCl)c1CCl. The molecule has 0 fully saturated rings. The Hall–Kier alpha value is 0.380.